The Kier molecular flexibility index (Phi) is 2.24. The zero-order chi connectivity index (χ0) is 8.43. The summed E-state index contributed by atoms with van der Waals surface area (Å²) in [6, 6.07) is 1.01. The Balaban J connectivity index is 3.33. The molecule has 0 saturated heterocycles. The highest BCUT2D eigenvalue weighted by molar-refractivity contribution is 6.30. The fraction of sp³-hybridized carbons (Fsp3) is 0.167. The van der Waals surface area contributed by atoms with E-state index in [2.05, 4.69) is 4.98 Å². The van der Waals surface area contributed by atoms with Crippen LogP contribution in [0.25, 0.3) is 0 Å². The Hall–Kier alpha value is -0.900. The summed E-state index contributed by atoms with van der Waals surface area (Å²) in [5.74, 6) is 0. The van der Waals surface area contributed by atoms with Crippen LogP contribution in [0, 0.1) is 0 Å². The smallest absolute Gasteiger partial charge is 0.270 e. The molecule has 0 aliphatic heterocycles. The number of pyridine rings is 1. The van der Waals surface area contributed by atoms with E-state index in [9.17, 15) is 13.6 Å². The van der Waals surface area contributed by atoms with E-state index in [0.717, 1.165) is 6.07 Å². The lowest BCUT2D eigenvalue weighted by atomic mass is 10.3. The molecule has 1 aromatic heterocycles. The number of aromatic nitrogens is 1. The largest absolute Gasteiger partial charge is 0.352 e. The van der Waals surface area contributed by atoms with Crippen molar-refractivity contribution < 1.29 is 8.78 Å². The first-order valence-corrected chi connectivity index (χ1v) is 3.16. The molecule has 1 N–H and O–H groups in total. The number of hydrogen-bond acceptors (Lipinski definition) is 1. The van der Waals surface area contributed by atoms with E-state index in [1.54, 1.807) is 0 Å². The van der Waals surface area contributed by atoms with Crippen molar-refractivity contribution in [3.8, 4) is 0 Å². The number of halogens is 3. The minimum absolute atomic E-state index is 0.299. The predicted molar refractivity (Wildman–Crippen MR) is 37.0 cm³/mol. The van der Waals surface area contributed by atoms with Gasteiger partial charge >= 0.3 is 0 Å². The summed E-state index contributed by atoms with van der Waals surface area (Å²) in [5, 5.41) is -0.299. The third-order valence-corrected chi connectivity index (χ3v) is 1.48. The molecule has 0 aliphatic rings. The number of H-pyrrole nitrogens is 1. The topological polar surface area (TPSA) is 32.9 Å². The van der Waals surface area contributed by atoms with Gasteiger partial charge in [0, 0.05) is 12.3 Å². The number of nitrogens with one attached hydrogen (secondary N) is 1. The summed E-state index contributed by atoms with van der Waals surface area (Å²) in [6.07, 6.45) is -1.61. The van der Waals surface area contributed by atoms with Crippen molar-refractivity contribution in [1.29, 1.82) is 0 Å². The lowest BCUT2D eigenvalue weighted by Gasteiger charge is -1.98. The average molecular weight is 180 g/mol. The van der Waals surface area contributed by atoms with Crippen LogP contribution in [-0.2, 0) is 0 Å². The molecule has 0 saturated carbocycles. The van der Waals surface area contributed by atoms with Crippen molar-refractivity contribution in [1.82, 2.24) is 4.98 Å². The van der Waals surface area contributed by atoms with Crippen LogP contribution in [0.3, 0.4) is 0 Å². The second kappa shape index (κ2) is 3.00. The van der Waals surface area contributed by atoms with Crippen LogP contribution in [-0.4, -0.2) is 4.98 Å². The third-order valence-electron chi connectivity index (χ3n) is 1.16. The first-order valence-electron chi connectivity index (χ1n) is 2.78. The van der Waals surface area contributed by atoms with Crippen molar-refractivity contribution in [2.24, 2.45) is 0 Å². The number of alkyl halides is 2. The van der Waals surface area contributed by atoms with Crippen LogP contribution in [0.2, 0.25) is 5.15 Å². The Morgan fingerprint density at radius 3 is 2.55 bits per heavy atom. The maximum Gasteiger partial charge on any atom is 0.270 e. The molecule has 0 bridgehead atoms. The summed E-state index contributed by atoms with van der Waals surface area (Å²) >= 11 is 5.29. The quantitative estimate of drug-likeness (QED) is 0.657. The van der Waals surface area contributed by atoms with Crippen LogP contribution in [0.15, 0.2) is 17.1 Å². The Morgan fingerprint density at radius 1 is 1.55 bits per heavy atom. The standard InChI is InChI=1S/C6H4ClF2NO/c7-5-4(6(8)9)3(11)1-2-10-5/h1-2,6H,(H,10,11). The molecule has 0 aliphatic carbocycles. The van der Waals surface area contributed by atoms with Crippen LogP contribution in [0.4, 0.5) is 8.78 Å². The Bertz CT molecular complexity index is 310. The van der Waals surface area contributed by atoms with Crippen LogP contribution < -0.4 is 5.43 Å². The molecule has 0 fully saturated rings. The van der Waals surface area contributed by atoms with E-state index in [0.29, 0.717) is 0 Å². The molecule has 0 amide bonds. The second-order valence-corrected chi connectivity index (χ2v) is 2.25. The SMILES string of the molecule is O=c1cc[nH]c(Cl)c1C(F)F. The maximum absolute atomic E-state index is 12.0. The molecule has 0 spiro atoms. The van der Waals surface area contributed by atoms with Crippen molar-refractivity contribution in [3.63, 3.8) is 0 Å². The molecular weight excluding hydrogens is 176 g/mol. The highest BCUT2D eigenvalue weighted by atomic mass is 35.5. The lowest BCUT2D eigenvalue weighted by molar-refractivity contribution is 0.150. The minimum atomic E-state index is -2.83. The molecule has 1 rings (SSSR count). The number of hydrogen-bond donors (Lipinski definition) is 1. The van der Waals surface area contributed by atoms with E-state index in [-0.39, 0.29) is 5.15 Å². The van der Waals surface area contributed by atoms with E-state index in [1.165, 1.54) is 6.20 Å². The Morgan fingerprint density at radius 2 is 2.18 bits per heavy atom. The Labute approximate surface area is 65.8 Å². The number of rotatable bonds is 1. The fourth-order valence-electron chi connectivity index (χ4n) is 0.670. The van der Waals surface area contributed by atoms with Gasteiger partial charge in [-0.2, -0.15) is 0 Å². The minimum Gasteiger partial charge on any atom is -0.352 e. The molecule has 11 heavy (non-hydrogen) atoms. The van der Waals surface area contributed by atoms with E-state index < -0.39 is 17.4 Å². The predicted octanol–water partition coefficient (Wildman–Crippen LogP) is 1.97. The molecule has 60 valence electrons. The van der Waals surface area contributed by atoms with Crippen molar-refractivity contribution >= 4 is 11.6 Å². The van der Waals surface area contributed by atoms with Gasteiger partial charge in [0.1, 0.15) is 10.7 Å². The molecule has 5 heteroatoms. The van der Waals surface area contributed by atoms with Crippen LogP contribution in [0.1, 0.15) is 12.0 Å². The fourth-order valence-corrected chi connectivity index (χ4v) is 0.908. The summed E-state index contributed by atoms with van der Waals surface area (Å²) in [6.45, 7) is 0. The van der Waals surface area contributed by atoms with Crippen molar-refractivity contribution in [2.45, 2.75) is 6.43 Å². The zero-order valence-electron chi connectivity index (χ0n) is 5.27. The van der Waals surface area contributed by atoms with Crippen molar-refractivity contribution in [3.05, 3.63) is 33.2 Å². The summed E-state index contributed by atoms with van der Waals surface area (Å²) in [5.41, 5.74) is -1.42. The highest BCUT2D eigenvalue weighted by Gasteiger charge is 2.15. The maximum atomic E-state index is 12.0. The molecule has 0 unspecified atom stereocenters. The lowest BCUT2D eigenvalue weighted by Crippen LogP contribution is -2.08. The van der Waals surface area contributed by atoms with Gasteiger partial charge in [0.25, 0.3) is 6.43 Å². The number of aromatic amines is 1. The van der Waals surface area contributed by atoms with Gasteiger partial charge in [-0.25, -0.2) is 8.78 Å². The summed E-state index contributed by atoms with van der Waals surface area (Å²) < 4.78 is 24.0. The van der Waals surface area contributed by atoms with Crippen LogP contribution >= 0.6 is 11.6 Å². The normalized spacial score (nSPS) is 10.5. The highest BCUT2D eigenvalue weighted by Crippen LogP contribution is 2.20. The molecule has 2 nitrogen and oxygen atoms in total. The second-order valence-electron chi connectivity index (χ2n) is 1.87. The molecular formula is C6H4ClF2NO. The van der Waals surface area contributed by atoms with Gasteiger partial charge in [0.2, 0.25) is 0 Å². The summed E-state index contributed by atoms with van der Waals surface area (Å²) in [7, 11) is 0. The van der Waals surface area contributed by atoms with Gasteiger partial charge in [-0.3, -0.25) is 4.79 Å². The zero-order valence-corrected chi connectivity index (χ0v) is 6.03. The van der Waals surface area contributed by atoms with Gasteiger partial charge < -0.3 is 4.98 Å². The van der Waals surface area contributed by atoms with E-state index in [1.807, 2.05) is 0 Å². The first-order chi connectivity index (χ1) is 5.13. The molecule has 0 atom stereocenters. The molecule has 0 aromatic carbocycles. The molecule has 1 aromatic rings. The third kappa shape index (κ3) is 1.57. The van der Waals surface area contributed by atoms with Gasteiger partial charge in [-0.05, 0) is 0 Å². The van der Waals surface area contributed by atoms with Gasteiger partial charge in [-0.1, -0.05) is 11.6 Å². The molecule has 1 heterocycles. The summed E-state index contributed by atoms with van der Waals surface area (Å²) in [4.78, 5) is 13.0. The monoisotopic (exact) mass is 179 g/mol. The molecule has 0 radical (unpaired) electrons. The van der Waals surface area contributed by atoms with Crippen molar-refractivity contribution in [2.75, 3.05) is 0 Å². The van der Waals surface area contributed by atoms with Crippen LogP contribution in [0.5, 0.6) is 0 Å². The van der Waals surface area contributed by atoms with E-state index in [4.69, 9.17) is 11.6 Å². The van der Waals surface area contributed by atoms with Gasteiger partial charge in [-0.15, -0.1) is 0 Å². The van der Waals surface area contributed by atoms with Gasteiger partial charge in [0.15, 0.2) is 5.43 Å². The van der Waals surface area contributed by atoms with E-state index >= 15 is 0 Å². The van der Waals surface area contributed by atoms with Gasteiger partial charge in [0.05, 0.1) is 0 Å². The average Bonchev–Trinajstić information content (AvgIpc) is 1.85. The first kappa shape index (κ1) is 8.20.